The number of nitrogens with zero attached hydrogens (tertiary/aromatic N) is 2. The zero-order chi connectivity index (χ0) is 14.8. The van der Waals surface area contributed by atoms with Crippen molar-refractivity contribution in [1.82, 2.24) is 9.55 Å². The van der Waals surface area contributed by atoms with E-state index >= 15 is 0 Å². The average molecular weight is 284 g/mol. The molecular formula is C16H16N2O3. The first-order valence-corrected chi connectivity index (χ1v) is 6.72. The molecule has 3 N–H and O–H groups in total. The lowest BCUT2D eigenvalue weighted by Crippen LogP contribution is -2.20. The SMILES string of the molecule is OCC(O)Cn1c(-c2ccc(O)cc2)nc2ccccc21. The first kappa shape index (κ1) is 13.6. The van der Waals surface area contributed by atoms with Crippen molar-refractivity contribution in [3.8, 4) is 17.1 Å². The standard InChI is InChI=1S/C16H16N2O3/c19-10-13(21)9-18-15-4-2-1-3-14(15)17-16(18)11-5-7-12(20)8-6-11/h1-8,13,19-21H,9-10H2. The molecular weight excluding hydrogens is 268 g/mol. The number of aromatic nitrogens is 2. The highest BCUT2D eigenvalue weighted by Crippen LogP contribution is 2.26. The summed E-state index contributed by atoms with van der Waals surface area (Å²) in [6, 6.07) is 14.4. The summed E-state index contributed by atoms with van der Waals surface area (Å²) < 4.78 is 1.88. The molecule has 1 aromatic heterocycles. The first-order chi connectivity index (χ1) is 10.2. The number of hydrogen-bond donors (Lipinski definition) is 3. The molecule has 0 fully saturated rings. The summed E-state index contributed by atoms with van der Waals surface area (Å²) in [4.78, 5) is 4.59. The van der Waals surface area contributed by atoms with E-state index in [9.17, 15) is 10.2 Å². The van der Waals surface area contributed by atoms with Gasteiger partial charge in [-0.1, -0.05) is 12.1 Å². The van der Waals surface area contributed by atoms with Crippen molar-refractivity contribution in [3.63, 3.8) is 0 Å². The van der Waals surface area contributed by atoms with Gasteiger partial charge in [0.05, 0.1) is 30.3 Å². The third-order valence-electron chi connectivity index (χ3n) is 3.38. The number of benzene rings is 2. The molecule has 108 valence electrons. The number of imidazole rings is 1. The van der Waals surface area contributed by atoms with Gasteiger partial charge in [-0.3, -0.25) is 0 Å². The topological polar surface area (TPSA) is 78.5 Å². The van der Waals surface area contributed by atoms with Crippen molar-refractivity contribution in [3.05, 3.63) is 48.5 Å². The van der Waals surface area contributed by atoms with E-state index in [2.05, 4.69) is 4.98 Å². The fourth-order valence-electron chi connectivity index (χ4n) is 2.36. The Kier molecular flexibility index (Phi) is 3.60. The van der Waals surface area contributed by atoms with Gasteiger partial charge in [-0.2, -0.15) is 0 Å². The molecule has 5 nitrogen and oxygen atoms in total. The molecule has 0 saturated carbocycles. The number of aromatic hydroxyl groups is 1. The molecule has 0 aliphatic heterocycles. The molecule has 0 saturated heterocycles. The molecule has 5 heteroatoms. The van der Waals surface area contributed by atoms with Crippen LogP contribution in [0.4, 0.5) is 0 Å². The Hall–Kier alpha value is -2.37. The minimum absolute atomic E-state index is 0.191. The van der Waals surface area contributed by atoms with Gasteiger partial charge in [0, 0.05) is 5.56 Å². The number of phenols is 1. The predicted molar refractivity (Wildman–Crippen MR) is 79.9 cm³/mol. The predicted octanol–water partition coefficient (Wildman–Crippen LogP) is 1.76. The molecule has 0 radical (unpaired) electrons. The molecule has 1 unspecified atom stereocenters. The van der Waals surface area contributed by atoms with E-state index in [-0.39, 0.29) is 18.9 Å². The van der Waals surface area contributed by atoms with Crippen LogP contribution in [0.2, 0.25) is 0 Å². The molecule has 3 aromatic rings. The second-order valence-electron chi connectivity index (χ2n) is 4.92. The molecule has 21 heavy (non-hydrogen) atoms. The van der Waals surface area contributed by atoms with E-state index in [0.29, 0.717) is 5.82 Å². The number of aliphatic hydroxyl groups is 2. The third-order valence-corrected chi connectivity index (χ3v) is 3.38. The van der Waals surface area contributed by atoms with E-state index in [1.54, 1.807) is 24.3 Å². The lowest BCUT2D eigenvalue weighted by atomic mass is 10.2. The van der Waals surface area contributed by atoms with Crippen molar-refractivity contribution < 1.29 is 15.3 Å². The van der Waals surface area contributed by atoms with Gasteiger partial charge in [0.15, 0.2) is 0 Å². The van der Waals surface area contributed by atoms with Crippen molar-refractivity contribution in [1.29, 1.82) is 0 Å². The molecule has 0 spiro atoms. The normalized spacial score (nSPS) is 12.7. The van der Waals surface area contributed by atoms with Crippen molar-refractivity contribution >= 4 is 11.0 Å². The number of para-hydroxylation sites is 2. The van der Waals surface area contributed by atoms with Gasteiger partial charge in [0.25, 0.3) is 0 Å². The lowest BCUT2D eigenvalue weighted by molar-refractivity contribution is 0.0824. The Balaban J connectivity index is 2.16. The fourth-order valence-corrected chi connectivity index (χ4v) is 2.36. The highest BCUT2D eigenvalue weighted by atomic mass is 16.3. The Labute approximate surface area is 121 Å². The van der Waals surface area contributed by atoms with Gasteiger partial charge in [0.1, 0.15) is 11.6 Å². The maximum Gasteiger partial charge on any atom is 0.141 e. The van der Waals surface area contributed by atoms with Crippen LogP contribution in [0.1, 0.15) is 0 Å². The molecule has 2 aromatic carbocycles. The second kappa shape index (κ2) is 5.55. The molecule has 1 heterocycles. The van der Waals surface area contributed by atoms with E-state index in [1.165, 1.54) is 0 Å². The van der Waals surface area contributed by atoms with E-state index in [0.717, 1.165) is 16.6 Å². The van der Waals surface area contributed by atoms with Gasteiger partial charge >= 0.3 is 0 Å². The van der Waals surface area contributed by atoms with E-state index < -0.39 is 6.10 Å². The maximum absolute atomic E-state index is 9.77. The van der Waals surface area contributed by atoms with Crippen LogP contribution in [-0.4, -0.2) is 37.6 Å². The van der Waals surface area contributed by atoms with E-state index in [4.69, 9.17) is 5.11 Å². The monoisotopic (exact) mass is 284 g/mol. The minimum atomic E-state index is -0.849. The Bertz CT molecular complexity index is 750. The lowest BCUT2D eigenvalue weighted by Gasteiger charge is -2.12. The molecule has 3 rings (SSSR count). The Morgan fingerprint density at radius 3 is 2.48 bits per heavy atom. The quantitative estimate of drug-likeness (QED) is 0.682. The van der Waals surface area contributed by atoms with Crippen LogP contribution in [0.25, 0.3) is 22.4 Å². The second-order valence-corrected chi connectivity index (χ2v) is 4.92. The van der Waals surface area contributed by atoms with Crippen molar-refractivity contribution in [2.75, 3.05) is 6.61 Å². The minimum Gasteiger partial charge on any atom is -0.508 e. The smallest absolute Gasteiger partial charge is 0.141 e. The highest BCUT2D eigenvalue weighted by molar-refractivity contribution is 5.80. The summed E-state index contributed by atoms with van der Waals surface area (Å²) in [5, 5.41) is 28.2. The molecule has 0 aliphatic carbocycles. The zero-order valence-corrected chi connectivity index (χ0v) is 11.3. The Morgan fingerprint density at radius 2 is 1.76 bits per heavy atom. The van der Waals surface area contributed by atoms with Gasteiger partial charge < -0.3 is 19.9 Å². The van der Waals surface area contributed by atoms with E-state index in [1.807, 2.05) is 28.8 Å². The van der Waals surface area contributed by atoms with Crippen molar-refractivity contribution in [2.24, 2.45) is 0 Å². The van der Waals surface area contributed by atoms with Crippen LogP contribution in [-0.2, 0) is 6.54 Å². The third kappa shape index (κ3) is 2.61. The largest absolute Gasteiger partial charge is 0.508 e. The number of aliphatic hydroxyl groups excluding tert-OH is 2. The summed E-state index contributed by atoms with van der Waals surface area (Å²) >= 11 is 0. The fraction of sp³-hybridized carbons (Fsp3) is 0.188. The van der Waals surface area contributed by atoms with Gasteiger partial charge in [-0.25, -0.2) is 4.98 Å². The van der Waals surface area contributed by atoms with Gasteiger partial charge in [0.2, 0.25) is 0 Å². The first-order valence-electron chi connectivity index (χ1n) is 6.72. The van der Waals surface area contributed by atoms with Crippen LogP contribution >= 0.6 is 0 Å². The maximum atomic E-state index is 9.77. The molecule has 0 aliphatic rings. The molecule has 1 atom stereocenters. The summed E-state index contributed by atoms with van der Waals surface area (Å²) in [6.45, 7) is -0.0469. The number of hydrogen-bond acceptors (Lipinski definition) is 4. The summed E-state index contributed by atoms with van der Waals surface area (Å²) in [5.74, 6) is 0.889. The van der Waals surface area contributed by atoms with Crippen LogP contribution in [0.15, 0.2) is 48.5 Å². The number of fused-ring (bicyclic) bond motifs is 1. The van der Waals surface area contributed by atoms with Crippen LogP contribution in [0.3, 0.4) is 0 Å². The average Bonchev–Trinajstić information content (AvgIpc) is 2.87. The van der Waals surface area contributed by atoms with Crippen LogP contribution in [0, 0.1) is 0 Å². The van der Waals surface area contributed by atoms with Gasteiger partial charge in [-0.05, 0) is 36.4 Å². The van der Waals surface area contributed by atoms with Gasteiger partial charge in [-0.15, -0.1) is 0 Å². The molecule has 0 bridgehead atoms. The number of rotatable bonds is 4. The van der Waals surface area contributed by atoms with Crippen LogP contribution < -0.4 is 0 Å². The van der Waals surface area contributed by atoms with Crippen molar-refractivity contribution in [2.45, 2.75) is 12.6 Å². The zero-order valence-electron chi connectivity index (χ0n) is 11.3. The number of phenolic OH excluding ortho intramolecular Hbond substituents is 1. The highest BCUT2D eigenvalue weighted by Gasteiger charge is 2.15. The summed E-state index contributed by atoms with van der Waals surface area (Å²) in [7, 11) is 0. The molecule has 0 amide bonds. The summed E-state index contributed by atoms with van der Waals surface area (Å²) in [6.07, 6.45) is -0.849. The summed E-state index contributed by atoms with van der Waals surface area (Å²) in [5.41, 5.74) is 2.56. The Morgan fingerprint density at radius 1 is 1.05 bits per heavy atom. The van der Waals surface area contributed by atoms with Crippen LogP contribution in [0.5, 0.6) is 5.75 Å².